The van der Waals surface area contributed by atoms with Crippen LogP contribution in [0.25, 0.3) is 0 Å². The summed E-state index contributed by atoms with van der Waals surface area (Å²) in [5.41, 5.74) is 4.43. The van der Waals surface area contributed by atoms with Gasteiger partial charge in [-0.2, -0.15) is 0 Å². The van der Waals surface area contributed by atoms with E-state index in [0.29, 0.717) is 19.6 Å². The van der Waals surface area contributed by atoms with E-state index in [2.05, 4.69) is 12.1 Å². The molecule has 7 heteroatoms. The average molecular weight is 412 g/mol. The number of aromatic nitrogens is 2. The van der Waals surface area contributed by atoms with Gasteiger partial charge in [0.1, 0.15) is 0 Å². The summed E-state index contributed by atoms with van der Waals surface area (Å²) in [6, 6.07) is 8.20. The van der Waals surface area contributed by atoms with Crippen LogP contribution in [0.4, 0.5) is 0 Å². The molecule has 0 radical (unpaired) electrons. The van der Waals surface area contributed by atoms with Crippen molar-refractivity contribution in [1.82, 2.24) is 14.5 Å². The number of carbonyl (C=O) groups is 1. The third-order valence-corrected chi connectivity index (χ3v) is 7.32. The Morgan fingerprint density at radius 1 is 1.31 bits per heavy atom. The molecule has 0 saturated carbocycles. The van der Waals surface area contributed by atoms with E-state index < -0.39 is 0 Å². The van der Waals surface area contributed by atoms with Crippen LogP contribution in [0.3, 0.4) is 0 Å². The maximum absolute atomic E-state index is 12.9. The van der Waals surface area contributed by atoms with Crippen LogP contribution in [0.2, 0.25) is 0 Å². The first-order valence-electron chi connectivity index (χ1n) is 10.3. The highest BCUT2D eigenvalue weighted by Crippen LogP contribution is 2.34. The van der Waals surface area contributed by atoms with E-state index in [1.54, 1.807) is 21.2 Å². The van der Waals surface area contributed by atoms with Gasteiger partial charge in [-0.25, -0.2) is 4.98 Å². The highest BCUT2D eigenvalue weighted by molar-refractivity contribution is 7.99. The molecule has 2 aliphatic heterocycles. The van der Waals surface area contributed by atoms with Gasteiger partial charge in [0.05, 0.1) is 24.4 Å². The Morgan fingerprint density at radius 2 is 2.14 bits per heavy atom. The molecule has 1 aromatic carbocycles. The van der Waals surface area contributed by atoms with Crippen molar-refractivity contribution in [3.05, 3.63) is 57.0 Å². The number of aryl methyl sites for hydroxylation is 1. The van der Waals surface area contributed by atoms with E-state index in [1.165, 1.54) is 11.1 Å². The minimum Gasteiger partial charge on any atom is -0.371 e. The molecule has 2 unspecified atom stereocenters. The fraction of sp³-hybridized carbons (Fsp3) is 0.500. The molecule has 1 aliphatic carbocycles. The largest absolute Gasteiger partial charge is 0.371 e. The molecule has 6 nitrogen and oxygen atoms in total. The molecule has 1 amide bonds. The van der Waals surface area contributed by atoms with Crippen LogP contribution < -0.4 is 5.56 Å². The molecule has 2 atom stereocenters. The van der Waals surface area contributed by atoms with Crippen molar-refractivity contribution < 1.29 is 9.53 Å². The fourth-order valence-electron chi connectivity index (χ4n) is 4.59. The number of amides is 1. The Kier molecular flexibility index (Phi) is 4.95. The SMILES string of the molecule is CN(CC1Cc2ccccc2CO1)C(=O)CC1CSc2nc3c(c(=O)n21)CCC3. The molecule has 29 heavy (non-hydrogen) atoms. The Bertz CT molecular complexity index is 1020. The summed E-state index contributed by atoms with van der Waals surface area (Å²) in [5.74, 6) is 0.788. The third-order valence-electron chi connectivity index (χ3n) is 6.23. The van der Waals surface area contributed by atoms with Crippen LogP contribution in [0, 0.1) is 0 Å². The van der Waals surface area contributed by atoms with Gasteiger partial charge >= 0.3 is 0 Å². The predicted molar refractivity (Wildman–Crippen MR) is 111 cm³/mol. The van der Waals surface area contributed by atoms with E-state index >= 15 is 0 Å². The molecule has 0 spiro atoms. The second-order valence-corrected chi connectivity index (χ2v) is 9.18. The molecular weight excluding hydrogens is 386 g/mol. The fourth-order valence-corrected chi connectivity index (χ4v) is 5.75. The highest BCUT2D eigenvalue weighted by Gasteiger charge is 2.32. The van der Waals surface area contributed by atoms with Crippen molar-refractivity contribution in [3.8, 4) is 0 Å². The molecular formula is C22H25N3O3S. The van der Waals surface area contributed by atoms with E-state index in [-0.39, 0.29) is 23.6 Å². The number of nitrogens with zero attached hydrogens (tertiary/aromatic N) is 3. The number of fused-ring (bicyclic) bond motifs is 3. The van der Waals surface area contributed by atoms with Gasteiger partial charge in [-0.1, -0.05) is 36.0 Å². The first kappa shape index (κ1) is 18.9. The average Bonchev–Trinajstić information content (AvgIpc) is 3.35. The molecule has 2 aromatic rings. The number of hydrogen-bond donors (Lipinski definition) is 0. The zero-order valence-electron chi connectivity index (χ0n) is 16.6. The van der Waals surface area contributed by atoms with Crippen LogP contribution in [0.1, 0.15) is 41.3 Å². The van der Waals surface area contributed by atoms with Gasteiger partial charge < -0.3 is 9.64 Å². The van der Waals surface area contributed by atoms with E-state index in [0.717, 1.165) is 47.8 Å². The van der Waals surface area contributed by atoms with Crippen molar-refractivity contribution >= 4 is 17.7 Å². The molecule has 152 valence electrons. The lowest BCUT2D eigenvalue weighted by molar-refractivity contribution is -0.132. The van der Waals surface area contributed by atoms with Crippen molar-refractivity contribution in [2.24, 2.45) is 0 Å². The van der Waals surface area contributed by atoms with Gasteiger partial charge in [0.15, 0.2) is 5.16 Å². The smallest absolute Gasteiger partial charge is 0.257 e. The van der Waals surface area contributed by atoms with Gasteiger partial charge in [-0.05, 0) is 30.4 Å². The second-order valence-electron chi connectivity index (χ2n) is 8.20. The Hall–Kier alpha value is -2.12. The summed E-state index contributed by atoms with van der Waals surface area (Å²) in [6.45, 7) is 1.17. The number of carbonyl (C=O) groups excluding carboxylic acids is 1. The van der Waals surface area contributed by atoms with Crippen LogP contribution in [-0.4, -0.2) is 45.8 Å². The van der Waals surface area contributed by atoms with E-state index in [4.69, 9.17) is 9.72 Å². The maximum Gasteiger partial charge on any atom is 0.257 e. The third kappa shape index (κ3) is 3.51. The monoisotopic (exact) mass is 411 g/mol. The molecule has 0 N–H and O–H groups in total. The van der Waals surface area contributed by atoms with Crippen molar-refractivity contribution in [3.63, 3.8) is 0 Å². The molecule has 0 bridgehead atoms. The lowest BCUT2D eigenvalue weighted by Crippen LogP contribution is -2.39. The molecule has 1 aromatic heterocycles. The Balaban J connectivity index is 1.25. The molecule has 3 heterocycles. The van der Waals surface area contributed by atoms with Gasteiger partial charge in [0, 0.05) is 37.8 Å². The summed E-state index contributed by atoms with van der Waals surface area (Å²) in [4.78, 5) is 32.3. The number of hydrogen-bond acceptors (Lipinski definition) is 5. The van der Waals surface area contributed by atoms with Crippen LogP contribution in [0.15, 0.2) is 34.2 Å². The van der Waals surface area contributed by atoms with E-state index in [9.17, 15) is 9.59 Å². The first-order chi connectivity index (χ1) is 14.1. The van der Waals surface area contributed by atoms with Gasteiger partial charge in [0.2, 0.25) is 5.91 Å². The lowest BCUT2D eigenvalue weighted by atomic mass is 9.99. The van der Waals surface area contributed by atoms with Crippen molar-refractivity contribution in [2.45, 2.75) is 56.0 Å². The van der Waals surface area contributed by atoms with Gasteiger partial charge in [0.25, 0.3) is 5.56 Å². The zero-order chi connectivity index (χ0) is 20.0. The topological polar surface area (TPSA) is 64.4 Å². The van der Waals surface area contributed by atoms with Crippen LogP contribution in [0.5, 0.6) is 0 Å². The number of thioether (sulfide) groups is 1. The molecule has 0 saturated heterocycles. The second kappa shape index (κ2) is 7.61. The molecule has 5 rings (SSSR count). The summed E-state index contributed by atoms with van der Waals surface area (Å²) < 4.78 is 7.73. The number of rotatable bonds is 4. The lowest BCUT2D eigenvalue weighted by Gasteiger charge is -2.29. The van der Waals surface area contributed by atoms with Crippen molar-refractivity contribution in [1.29, 1.82) is 0 Å². The van der Waals surface area contributed by atoms with Crippen LogP contribution in [-0.2, 0) is 35.4 Å². The Morgan fingerprint density at radius 3 is 3.00 bits per heavy atom. The number of ether oxygens (including phenoxy) is 1. The molecule has 0 fully saturated rings. The predicted octanol–water partition coefficient (Wildman–Crippen LogP) is 2.37. The van der Waals surface area contributed by atoms with Gasteiger partial charge in [-0.15, -0.1) is 0 Å². The zero-order valence-corrected chi connectivity index (χ0v) is 17.4. The number of benzene rings is 1. The Labute approximate surface area is 174 Å². The van der Waals surface area contributed by atoms with Crippen molar-refractivity contribution in [2.75, 3.05) is 19.3 Å². The minimum atomic E-state index is -0.108. The summed E-state index contributed by atoms with van der Waals surface area (Å²) in [7, 11) is 1.83. The standard InChI is InChI=1S/C22H25N3O3S/c1-24(11-17-9-14-5-2-3-6-15(14)12-28-17)20(26)10-16-13-29-22-23-19-8-4-7-18(19)21(27)25(16)22/h2-3,5-6,16-17H,4,7-13H2,1H3. The van der Waals surface area contributed by atoms with Crippen LogP contribution >= 0.6 is 11.8 Å². The summed E-state index contributed by atoms with van der Waals surface area (Å²) in [5, 5.41) is 0.781. The maximum atomic E-state index is 12.9. The minimum absolute atomic E-state index is 0.0109. The van der Waals surface area contributed by atoms with Gasteiger partial charge in [-0.3, -0.25) is 14.2 Å². The highest BCUT2D eigenvalue weighted by atomic mass is 32.2. The summed E-state index contributed by atoms with van der Waals surface area (Å²) in [6.07, 6.45) is 3.88. The normalized spacial score (nSPS) is 22.1. The quantitative estimate of drug-likeness (QED) is 0.723. The molecule has 3 aliphatic rings. The number of likely N-dealkylation sites (N-methyl/N-ethyl adjacent to an activating group) is 1. The summed E-state index contributed by atoms with van der Waals surface area (Å²) >= 11 is 1.59. The first-order valence-corrected chi connectivity index (χ1v) is 11.3. The van der Waals surface area contributed by atoms with E-state index in [1.807, 2.05) is 19.2 Å².